The van der Waals surface area contributed by atoms with E-state index in [0.29, 0.717) is 0 Å². The molecule has 1 amide bonds. The molecule has 2 N–H and O–H groups in total. The van der Waals surface area contributed by atoms with Crippen molar-refractivity contribution in [1.29, 1.82) is 0 Å². The SMILES string of the molecule is CC1=Cc2c(cccc2C(C=[Si](C)C)C(N)=O)C1. The van der Waals surface area contributed by atoms with Crippen LogP contribution in [0.25, 0.3) is 6.08 Å². The van der Waals surface area contributed by atoms with E-state index in [2.05, 4.69) is 37.8 Å². The zero-order chi connectivity index (χ0) is 13.3. The van der Waals surface area contributed by atoms with Crippen molar-refractivity contribution in [3.8, 4) is 0 Å². The summed E-state index contributed by atoms with van der Waals surface area (Å²) in [6.07, 6.45) is 3.18. The van der Waals surface area contributed by atoms with Gasteiger partial charge in [-0.2, -0.15) is 0 Å². The Morgan fingerprint density at radius 1 is 1.44 bits per heavy atom. The minimum Gasteiger partial charge on any atom is -0.369 e. The number of hydrogen-bond donors (Lipinski definition) is 1. The molecule has 0 saturated heterocycles. The highest BCUT2D eigenvalue weighted by Gasteiger charge is 2.21. The lowest BCUT2D eigenvalue weighted by Crippen LogP contribution is -2.25. The van der Waals surface area contributed by atoms with Gasteiger partial charge in [0.1, 0.15) is 0 Å². The third-order valence-corrected chi connectivity index (χ3v) is 4.23. The van der Waals surface area contributed by atoms with Crippen LogP contribution in [0.4, 0.5) is 0 Å². The Labute approximate surface area is 110 Å². The number of rotatable bonds is 3. The summed E-state index contributed by atoms with van der Waals surface area (Å²) < 4.78 is 0. The van der Waals surface area contributed by atoms with Crippen LogP contribution in [0.5, 0.6) is 0 Å². The van der Waals surface area contributed by atoms with Crippen LogP contribution in [-0.4, -0.2) is 20.0 Å². The Balaban J connectivity index is 2.54. The Bertz CT molecular complexity index is 554. The first-order valence-electron chi connectivity index (χ1n) is 6.22. The fourth-order valence-corrected chi connectivity index (χ4v) is 3.50. The molecule has 94 valence electrons. The quantitative estimate of drug-likeness (QED) is 0.830. The largest absolute Gasteiger partial charge is 0.369 e. The van der Waals surface area contributed by atoms with Crippen molar-refractivity contribution < 1.29 is 4.79 Å². The number of benzene rings is 1. The van der Waals surface area contributed by atoms with Gasteiger partial charge in [0, 0.05) is 0 Å². The zero-order valence-corrected chi connectivity index (χ0v) is 12.2. The smallest absolute Gasteiger partial charge is 0.228 e. The summed E-state index contributed by atoms with van der Waals surface area (Å²) >= 11 is 0. The highest BCUT2D eigenvalue weighted by atomic mass is 28.2. The number of primary amides is 1. The van der Waals surface area contributed by atoms with Gasteiger partial charge < -0.3 is 5.73 Å². The van der Waals surface area contributed by atoms with Gasteiger partial charge in [-0.3, -0.25) is 4.79 Å². The van der Waals surface area contributed by atoms with Crippen LogP contribution in [-0.2, 0) is 11.2 Å². The molecule has 1 unspecified atom stereocenters. The lowest BCUT2D eigenvalue weighted by atomic mass is 9.93. The molecule has 0 fully saturated rings. The Morgan fingerprint density at radius 3 is 2.78 bits per heavy atom. The lowest BCUT2D eigenvalue weighted by molar-refractivity contribution is -0.117. The molecule has 2 rings (SSSR count). The summed E-state index contributed by atoms with van der Waals surface area (Å²) in [6, 6.07) is 6.19. The van der Waals surface area contributed by atoms with E-state index in [0.717, 1.165) is 12.0 Å². The van der Waals surface area contributed by atoms with Crippen molar-refractivity contribution in [3.05, 3.63) is 40.5 Å². The topological polar surface area (TPSA) is 43.1 Å². The summed E-state index contributed by atoms with van der Waals surface area (Å²) in [6.45, 7) is 6.47. The van der Waals surface area contributed by atoms with Crippen LogP contribution in [0.15, 0.2) is 23.8 Å². The summed E-state index contributed by atoms with van der Waals surface area (Å²) in [7, 11) is -0.602. The van der Waals surface area contributed by atoms with Crippen LogP contribution in [0.1, 0.15) is 29.5 Å². The standard InChI is InChI=1S/C15H19NOSi/c1-10-7-11-5-4-6-12(13(11)8-10)14(15(16)17)9-18(2)3/h4-6,8-9,14H,7H2,1-3H3,(H2,16,17). The predicted octanol–water partition coefficient (Wildman–Crippen LogP) is 2.35. The first-order valence-corrected chi connectivity index (χ1v) is 8.80. The third-order valence-electron chi connectivity index (χ3n) is 3.23. The van der Waals surface area contributed by atoms with Gasteiger partial charge in [-0.25, -0.2) is 0 Å². The molecule has 0 aromatic heterocycles. The zero-order valence-electron chi connectivity index (χ0n) is 11.2. The molecule has 2 nitrogen and oxygen atoms in total. The van der Waals surface area contributed by atoms with Crippen LogP contribution in [0.3, 0.4) is 0 Å². The lowest BCUT2D eigenvalue weighted by Gasteiger charge is -2.14. The molecular formula is C15H19NOSi. The second-order valence-electron chi connectivity index (χ2n) is 5.21. The highest BCUT2D eigenvalue weighted by Crippen LogP contribution is 2.31. The van der Waals surface area contributed by atoms with Crippen molar-refractivity contribution in [2.24, 2.45) is 5.73 Å². The van der Waals surface area contributed by atoms with Gasteiger partial charge in [0.15, 0.2) is 0 Å². The molecule has 0 saturated carbocycles. The fraction of sp³-hybridized carbons (Fsp3) is 0.333. The Hall–Kier alpha value is -1.48. The molecule has 1 aromatic carbocycles. The van der Waals surface area contributed by atoms with Crippen molar-refractivity contribution in [1.82, 2.24) is 0 Å². The Morgan fingerprint density at radius 2 is 2.17 bits per heavy atom. The van der Waals surface area contributed by atoms with Gasteiger partial charge in [0.2, 0.25) is 5.91 Å². The van der Waals surface area contributed by atoms with Crippen molar-refractivity contribution in [3.63, 3.8) is 0 Å². The first kappa shape index (κ1) is 13.0. The maximum absolute atomic E-state index is 11.7. The van der Waals surface area contributed by atoms with Gasteiger partial charge in [0.05, 0.1) is 5.92 Å². The number of carbonyl (C=O) groups excluding carboxylic acids is 1. The highest BCUT2D eigenvalue weighted by molar-refractivity contribution is 6.65. The van der Waals surface area contributed by atoms with Gasteiger partial charge in [-0.05, 0) is 38.4 Å². The van der Waals surface area contributed by atoms with Crippen molar-refractivity contribution in [2.75, 3.05) is 0 Å². The van der Waals surface area contributed by atoms with Crippen LogP contribution >= 0.6 is 0 Å². The summed E-state index contributed by atoms with van der Waals surface area (Å²) in [5.41, 5.74) is 12.6. The molecule has 1 aliphatic rings. The number of allylic oxidation sites excluding steroid dienone is 1. The number of amides is 1. The molecule has 0 radical (unpaired) electrons. The average molecular weight is 257 g/mol. The minimum atomic E-state index is -0.602. The van der Waals surface area contributed by atoms with E-state index in [9.17, 15) is 4.79 Å². The van der Waals surface area contributed by atoms with Crippen molar-refractivity contribution >= 4 is 26.1 Å². The monoisotopic (exact) mass is 257 g/mol. The Kier molecular flexibility index (Phi) is 3.62. The van der Waals surface area contributed by atoms with E-state index in [-0.39, 0.29) is 11.8 Å². The molecular weight excluding hydrogens is 238 g/mol. The van der Waals surface area contributed by atoms with Crippen LogP contribution in [0, 0.1) is 0 Å². The second kappa shape index (κ2) is 5.02. The van der Waals surface area contributed by atoms with Crippen molar-refractivity contribution in [2.45, 2.75) is 32.4 Å². The van der Waals surface area contributed by atoms with Gasteiger partial charge >= 0.3 is 0 Å². The van der Waals surface area contributed by atoms with E-state index >= 15 is 0 Å². The van der Waals surface area contributed by atoms with E-state index in [4.69, 9.17) is 5.73 Å². The first-order chi connectivity index (χ1) is 8.49. The van der Waals surface area contributed by atoms with Gasteiger partial charge in [-0.1, -0.05) is 48.6 Å². The van der Waals surface area contributed by atoms with E-state index in [1.165, 1.54) is 16.7 Å². The molecule has 1 aromatic rings. The molecule has 0 spiro atoms. The van der Waals surface area contributed by atoms with Gasteiger partial charge in [-0.15, -0.1) is 0 Å². The van der Waals surface area contributed by atoms with E-state index in [1.807, 2.05) is 12.1 Å². The number of carbonyl (C=O) groups is 1. The maximum atomic E-state index is 11.7. The summed E-state index contributed by atoms with van der Waals surface area (Å²) in [5.74, 6) is -0.487. The maximum Gasteiger partial charge on any atom is 0.228 e. The van der Waals surface area contributed by atoms with Crippen LogP contribution in [0.2, 0.25) is 13.1 Å². The second-order valence-corrected chi connectivity index (χ2v) is 7.70. The molecule has 0 aliphatic heterocycles. The number of hydrogen-bond acceptors (Lipinski definition) is 1. The van der Waals surface area contributed by atoms with Crippen LogP contribution < -0.4 is 5.73 Å². The third kappa shape index (κ3) is 2.51. The molecule has 1 aliphatic carbocycles. The average Bonchev–Trinajstić information content (AvgIpc) is 2.65. The van der Waals surface area contributed by atoms with E-state index in [1.54, 1.807) is 0 Å². The fourth-order valence-electron chi connectivity index (χ4n) is 2.49. The number of fused-ring (bicyclic) bond motifs is 1. The molecule has 0 bridgehead atoms. The molecule has 3 heteroatoms. The van der Waals surface area contributed by atoms with Gasteiger partial charge in [0.25, 0.3) is 0 Å². The number of nitrogens with two attached hydrogens (primary N) is 1. The molecule has 1 atom stereocenters. The predicted molar refractivity (Wildman–Crippen MR) is 79.3 cm³/mol. The summed E-state index contributed by atoms with van der Waals surface area (Å²) in [5, 5.41) is 0. The summed E-state index contributed by atoms with van der Waals surface area (Å²) in [4.78, 5) is 11.7. The van der Waals surface area contributed by atoms with E-state index < -0.39 is 8.41 Å². The molecule has 0 heterocycles. The molecule has 18 heavy (non-hydrogen) atoms. The normalized spacial score (nSPS) is 14.7. The minimum absolute atomic E-state index is 0.243.